The van der Waals surface area contributed by atoms with Crippen molar-refractivity contribution >= 4 is 0 Å². The van der Waals surface area contributed by atoms with Crippen LogP contribution in [0.4, 0.5) is 0 Å². The Morgan fingerprint density at radius 1 is 1.50 bits per heavy atom. The highest BCUT2D eigenvalue weighted by atomic mass is 14.9. The third-order valence-corrected chi connectivity index (χ3v) is 3.26. The normalized spacial score (nSPS) is 90.5. The summed E-state index contributed by atoms with van der Waals surface area (Å²) in [6, 6.07) is 0. The molecule has 0 heterocycles. The fourth-order valence-corrected chi connectivity index (χ4v) is 2.58. The van der Waals surface area contributed by atoms with Gasteiger partial charge >= 0.3 is 0 Å². The summed E-state index contributed by atoms with van der Waals surface area (Å²) in [4.78, 5) is 0. The van der Waals surface area contributed by atoms with Crippen molar-refractivity contribution in [3.8, 4) is 0 Å². The van der Waals surface area contributed by atoms with Gasteiger partial charge in [-0.3, -0.25) is 0 Å². The van der Waals surface area contributed by atoms with Crippen molar-refractivity contribution in [2.24, 2.45) is 23.2 Å². The Hall–Kier alpha value is 0. The molecule has 32 valence electrons. The molecule has 4 fully saturated rings. The standard InChI is InChI=1S/C6H8/c1-6-2-3-4(6)5(3)6/h3-5H,2H2,1H3. The van der Waals surface area contributed by atoms with E-state index in [1.807, 2.05) is 0 Å². The minimum atomic E-state index is 0.949. The van der Waals surface area contributed by atoms with Crippen LogP contribution in [-0.4, -0.2) is 0 Å². The van der Waals surface area contributed by atoms with Crippen LogP contribution in [0.25, 0.3) is 0 Å². The summed E-state index contributed by atoms with van der Waals surface area (Å²) < 4.78 is 0. The predicted molar refractivity (Wildman–Crippen MR) is 23.2 cm³/mol. The van der Waals surface area contributed by atoms with Crippen molar-refractivity contribution in [1.82, 2.24) is 0 Å². The van der Waals surface area contributed by atoms with E-state index in [0.717, 1.165) is 5.41 Å². The number of rotatable bonds is 0. The number of hydrogen-bond donors (Lipinski definition) is 0. The maximum atomic E-state index is 2.43. The molecule has 2 atom stereocenters. The summed E-state index contributed by atoms with van der Waals surface area (Å²) >= 11 is 0. The third kappa shape index (κ3) is 0.0576. The van der Waals surface area contributed by atoms with Gasteiger partial charge in [-0.1, -0.05) is 6.92 Å². The van der Waals surface area contributed by atoms with Gasteiger partial charge in [0.2, 0.25) is 0 Å². The molecule has 0 aromatic heterocycles. The molecule has 0 saturated heterocycles. The van der Waals surface area contributed by atoms with E-state index in [0.29, 0.717) is 0 Å². The van der Waals surface area contributed by atoms with E-state index in [1.54, 1.807) is 6.42 Å². The molecule has 0 aliphatic heterocycles. The molecule has 0 spiro atoms. The van der Waals surface area contributed by atoms with Crippen LogP contribution in [0.3, 0.4) is 0 Å². The van der Waals surface area contributed by atoms with E-state index < -0.39 is 0 Å². The van der Waals surface area contributed by atoms with Crippen LogP contribution in [0.2, 0.25) is 0 Å². The highest BCUT2D eigenvalue weighted by Crippen LogP contribution is 2.95. The van der Waals surface area contributed by atoms with Crippen LogP contribution in [0, 0.1) is 23.2 Å². The van der Waals surface area contributed by atoms with Crippen LogP contribution >= 0.6 is 0 Å². The van der Waals surface area contributed by atoms with Gasteiger partial charge < -0.3 is 0 Å². The van der Waals surface area contributed by atoms with Gasteiger partial charge in [0.25, 0.3) is 0 Å². The first-order valence-corrected chi connectivity index (χ1v) is 2.84. The van der Waals surface area contributed by atoms with Gasteiger partial charge in [-0.15, -0.1) is 0 Å². The van der Waals surface area contributed by atoms with Crippen molar-refractivity contribution in [2.45, 2.75) is 13.3 Å². The summed E-state index contributed by atoms with van der Waals surface area (Å²) in [5.74, 6) is 3.78. The molecule has 6 heavy (non-hydrogen) atoms. The molecule has 0 nitrogen and oxygen atoms in total. The second-order valence-corrected chi connectivity index (χ2v) is 3.43. The Bertz CT molecular complexity index is 116. The largest absolute Gasteiger partial charge is 0.0591 e. The molecule has 4 saturated carbocycles. The summed E-state index contributed by atoms with van der Waals surface area (Å²) in [6.07, 6.45) is 1.59. The second kappa shape index (κ2) is 0.312. The summed E-state index contributed by atoms with van der Waals surface area (Å²) in [5.41, 5.74) is 0.949. The number of hydrogen-bond acceptors (Lipinski definition) is 0. The highest BCUT2D eigenvalue weighted by molar-refractivity contribution is 5.38. The third-order valence-electron chi connectivity index (χ3n) is 3.26. The van der Waals surface area contributed by atoms with Crippen LogP contribution in [0.15, 0.2) is 0 Å². The molecule has 0 amide bonds. The summed E-state index contributed by atoms with van der Waals surface area (Å²) in [5, 5.41) is 0. The predicted octanol–water partition coefficient (Wildman–Crippen LogP) is 1.27. The van der Waals surface area contributed by atoms with E-state index in [2.05, 4.69) is 6.92 Å². The van der Waals surface area contributed by atoms with Crippen LogP contribution in [0.1, 0.15) is 13.3 Å². The lowest BCUT2D eigenvalue weighted by Gasteiger charge is -2.34. The minimum Gasteiger partial charge on any atom is -0.0591 e. The summed E-state index contributed by atoms with van der Waals surface area (Å²) in [6.45, 7) is 2.43. The van der Waals surface area contributed by atoms with Gasteiger partial charge in [0.1, 0.15) is 0 Å². The zero-order valence-electron chi connectivity index (χ0n) is 3.94. The van der Waals surface area contributed by atoms with E-state index >= 15 is 0 Å². The SMILES string of the molecule is CC12CC3C1C32. The highest BCUT2D eigenvalue weighted by Gasteiger charge is 2.90. The Morgan fingerprint density at radius 2 is 2.00 bits per heavy atom. The van der Waals surface area contributed by atoms with Crippen molar-refractivity contribution in [3.05, 3.63) is 0 Å². The van der Waals surface area contributed by atoms with Gasteiger partial charge in [0.15, 0.2) is 0 Å². The average molecular weight is 80.1 g/mol. The minimum absolute atomic E-state index is 0.949. The molecule has 4 rings (SSSR count). The first-order chi connectivity index (χ1) is 2.84. The van der Waals surface area contributed by atoms with Crippen LogP contribution in [-0.2, 0) is 0 Å². The quantitative estimate of drug-likeness (QED) is 0.411. The maximum absolute atomic E-state index is 2.43. The zero-order chi connectivity index (χ0) is 3.94. The molecular formula is C6H8. The van der Waals surface area contributed by atoms with E-state index in [1.165, 1.54) is 17.8 Å². The van der Waals surface area contributed by atoms with Crippen LogP contribution < -0.4 is 0 Å². The van der Waals surface area contributed by atoms with Crippen molar-refractivity contribution in [2.75, 3.05) is 0 Å². The Balaban J connectivity index is 2.23. The molecule has 0 N–H and O–H groups in total. The molecule has 0 aromatic rings. The van der Waals surface area contributed by atoms with Gasteiger partial charge in [-0.2, -0.15) is 0 Å². The van der Waals surface area contributed by atoms with Crippen molar-refractivity contribution < 1.29 is 0 Å². The molecule has 4 aliphatic carbocycles. The van der Waals surface area contributed by atoms with Crippen molar-refractivity contribution in [3.63, 3.8) is 0 Å². The van der Waals surface area contributed by atoms with Crippen molar-refractivity contribution in [1.29, 1.82) is 0 Å². The van der Waals surface area contributed by atoms with Gasteiger partial charge in [0, 0.05) is 0 Å². The van der Waals surface area contributed by atoms with E-state index in [-0.39, 0.29) is 0 Å². The van der Waals surface area contributed by atoms with Gasteiger partial charge in [-0.05, 0) is 29.6 Å². The Morgan fingerprint density at radius 3 is 2.00 bits per heavy atom. The lowest BCUT2D eigenvalue weighted by atomic mass is 9.70. The fourth-order valence-electron chi connectivity index (χ4n) is 2.58. The first kappa shape index (κ1) is 2.34. The molecule has 0 aromatic carbocycles. The van der Waals surface area contributed by atoms with E-state index in [9.17, 15) is 0 Å². The molecular weight excluding hydrogens is 72.1 g/mol. The Kier molecular flexibility index (Phi) is 0.122. The van der Waals surface area contributed by atoms with Gasteiger partial charge in [-0.25, -0.2) is 0 Å². The monoisotopic (exact) mass is 80.1 g/mol. The lowest BCUT2D eigenvalue weighted by molar-refractivity contribution is 0.141. The molecule has 0 heteroatoms. The second-order valence-electron chi connectivity index (χ2n) is 3.43. The Labute approximate surface area is 37.5 Å². The molecule has 2 unspecified atom stereocenters. The molecule has 2 bridgehead atoms. The van der Waals surface area contributed by atoms with E-state index in [4.69, 9.17) is 0 Å². The first-order valence-electron chi connectivity index (χ1n) is 2.84. The smallest absolute Gasteiger partial charge is 0.0255 e. The topological polar surface area (TPSA) is 0 Å². The average Bonchev–Trinajstić information content (AvgIpc) is 2.21. The molecule has 4 aliphatic rings. The fraction of sp³-hybridized carbons (Fsp3) is 1.00. The van der Waals surface area contributed by atoms with Crippen LogP contribution in [0.5, 0.6) is 0 Å². The zero-order valence-corrected chi connectivity index (χ0v) is 3.94. The maximum Gasteiger partial charge on any atom is -0.0255 e. The summed E-state index contributed by atoms with van der Waals surface area (Å²) in [7, 11) is 0. The lowest BCUT2D eigenvalue weighted by Crippen LogP contribution is -2.27. The van der Waals surface area contributed by atoms with Gasteiger partial charge in [0.05, 0.1) is 0 Å². The molecule has 0 radical (unpaired) electrons.